The molecule has 0 N–H and O–H groups in total. The highest BCUT2D eigenvalue weighted by molar-refractivity contribution is 7.16. The lowest BCUT2D eigenvalue weighted by Gasteiger charge is -2.11. The third kappa shape index (κ3) is 3.96. The Balaban J connectivity index is 2.53. The van der Waals surface area contributed by atoms with E-state index in [-0.39, 0.29) is 0 Å². The average Bonchev–Trinajstić information content (AvgIpc) is 2.65. The quantitative estimate of drug-likeness (QED) is 0.712. The van der Waals surface area contributed by atoms with Gasteiger partial charge in [-0.3, -0.25) is 4.79 Å². The van der Waals surface area contributed by atoms with Gasteiger partial charge in [0.25, 0.3) is 0 Å². The summed E-state index contributed by atoms with van der Waals surface area (Å²) < 4.78 is 0.838. The topological polar surface area (TPSA) is 17.1 Å². The average molecular weight is 245 g/mol. The van der Waals surface area contributed by atoms with Crippen LogP contribution in [0.3, 0.4) is 0 Å². The molecule has 0 aliphatic heterocycles. The van der Waals surface area contributed by atoms with Gasteiger partial charge in [-0.15, -0.1) is 11.3 Å². The summed E-state index contributed by atoms with van der Waals surface area (Å²) in [5, 5.41) is 0. The first-order valence-electron chi connectivity index (χ1n) is 5.44. The molecular formula is C12H17ClOS. The van der Waals surface area contributed by atoms with Crippen LogP contribution in [0.1, 0.15) is 50.3 Å². The van der Waals surface area contributed by atoms with Crippen molar-refractivity contribution in [2.75, 3.05) is 0 Å². The van der Waals surface area contributed by atoms with E-state index in [9.17, 15) is 4.79 Å². The smallest absolute Gasteiger partial charge is 0.132 e. The van der Waals surface area contributed by atoms with E-state index in [2.05, 4.69) is 13.0 Å². The van der Waals surface area contributed by atoms with Crippen LogP contribution in [0.2, 0.25) is 4.34 Å². The second-order valence-electron chi connectivity index (χ2n) is 3.68. The zero-order chi connectivity index (χ0) is 11.3. The largest absolute Gasteiger partial charge is 0.300 e. The number of carbonyl (C=O) groups is 1. The van der Waals surface area contributed by atoms with E-state index in [4.69, 9.17) is 11.6 Å². The van der Waals surface area contributed by atoms with Crippen LogP contribution < -0.4 is 0 Å². The first-order chi connectivity index (χ1) is 7.17. The predicted octanol–water partition coefficient (Wildman–Crippen LogP) is 4.65. The van der Waals surface area contributed by atoms with Gasteiger partial charge in [0.2, 0.25) is 0 Å². The van der Waals surface area contributed by atoms with Gasteiger partial charge in [-0.25, -0.2) is 0 Å². The number of Topliss-reactive ketones (excluding diaryl/α,β-unsaturated/α-hetero) is 1. The van der Waals surface area contributed by atoms with Crippen LogP contribution in [0.25, 0.3) is 0 Å². The number of carbonyl (C=O) groups excluding carboxylic acids is 1. The van der Waals surface area contributed by atoms with Gasteiger partial charge < -0.3 is 0 Å². The lowest BCUT2D eigenvalue weighted by Crippen LogP contribution is -2.01. The maximum atomic E-state index is 11.2. The molecule has 1 aromatic rings. The zero-order valence-corrected chi connectivity index (χ0v) is 10.8. The molecule has 1 rings (SSSR count). The van der Waals surface area contributed by atoms with E-state index in [0.29, 0.717) is 24.5 Å². The molecule has 0 aromatic carbocycles. The Bertz CT molecular complexity index is 319. The fourth-order valence-electron chi connectivity index (χ4n) is 1.61. The summed E-state index contributed by atoms with van der Waals surface area (Å²) in [5.74, 6) is 0.856. The lowest BCUT2D eigenvalue weighted by molar-refractivity contribution is -0.118. The summed E-state index contributed by atoms with van der Waals surface area (Å²) in [6.07, 6.45) is 3.39. The molecular weight excluding hydrogens is 228 g/mol. The fraction of sp³-hybridized carbons (Fsp3) is 0.583. The van der Waals surface area contributed by atoms with Gasteiger partial charge in [0.05, 0.1) is 4.34 Å². The third-order valence-corrected chi connectivity index (χ3v) is 4.05. The van der Waals surface area contributed by atoms with Crippen molar-refractivity contribution in [3.63, 3.8) is 0 Å². The van der Waals surface area contributed by atoms with E-state index in [1.807, 2.05) is 13.0 Å². The molecule has 0 amide bonds. The van der Waals surface area contributed by atoms with Crippen molar-refractivity contribution in [3.05, 3.63) is 21.3 Å². The molecule has 1 unspecified atom stereocenters. The summed E-state index contributed by atoms with van der Waals surface area (Å²) in [6, 6.07) is 4.02. The van der Waals surface area contributed by atoms with Crippen LogP contribution in [0.5, 0.6) is 0 Å². The number of thiophene rings is 1. The minimum atomic E-state index is 0.358. The number of rotatable bonds is 6. The molecule has 0 saturated heterocycles. The Hall–Kier alpha value is -0.340. The first-order valence-corrected chi connectivity index (χ1v) is 6.63. The molecule has 1 atom stereocenters. The third-order valence-electron chi connectivity index (χ3n) is 2.66. The maximum absolute atomic E-state index is 11.2. The van der Waals surface area contributed by atoms with Gasteiger partial charge in [0.1, 0.15) is 5.78 Å². The van der Waals surface area contributed by atoms with Crippen molar-refractivity contribution < 1.29 is 4.79 Å². The molecule has 3 heteroatoms. The second kappa shape index (κ2) is 6.29. The van der Waals surface area contributed by atoms with Crippen LogP contribution >= 0.6 is 22.9 Å². The van der Waals surface area contributed by atoms with Crippen molar-refractivity contribution in [2.24, 2.45) is 0 Å². The highest BCUT2D eigenvalue weighted by Gasteiger charge is 2.13. The number of ketones is 1. The Morgan fingerprint density at radius 3 is 2.67 bits per heavy atom. The monoisotopic (exact) mass is 244 g/mol. The summed E-state index contributed by atoms with van der Waals surface area (Å²) in [4.78, 5) is 12.6. The molecule has 0 aliphatic rings. The van der Waals surface area contributed by atoms with Crippen molar-refractivity contribution >= 4 is 28.7 Å². The van der Waals surface area contributed by atoms with Crippen molar-refractivity contribution in [1.29, 1.82) is 0 Å². The molecule has 0 bridgehead atoms. The number of hydrogen-bond donors (Lipinski definition) is 0. The molecule has 0 fully saturated rings. The summed E-state index contributed by atoms with van der Waals surface area (Å²) in [7, 11) is 0. The number of halogens is 1. The van der Waals surface area contributed by atoms with Crippen LogP contribution in [0.15, 0.2) is 12.1 Å². The van der Waals surface area contributed by atoms with E-state index in [1.165, 1.54) is 4.88 Å². The highest BCUT2D eigenvalue weighted by atomic mass is 35.5. The van der Waals surface area contributed by atoms with Crippen molar-refractivity contribution in [1.82, 2.24) is 0 Å². The molecule has 84 valence electrons. The highest BCUT2D eigenvalue weighted by Crippen LogP contribution is 2.33. The SMILES string of the molecule is CCC(=O)CCC(CC)c1ccc(Cl)s1. The first kappa shape index (κ1) is 12.7. The second-order valence-corrected chi connectivity index (χ2v) is 5.42. The molecule has 0 radical (unpaired) electrons. The molecule has 0 saturated carbocycles. The molecule has 0 aliphatic carbocycles. The lowest BCUT2D eigenvalue weighted by atomic mass is 9.97. The summed E-state index contributed by atoms with van der Waals surface area (Å²) in [5.41, 5.74) is 0. The Morgan fingerprint density at radius 1 is 1.47 bits per heavy atom. The van der Waals surface area contributed by atoms with Gasteiger partial charge in [-0.05, 0) is 30.9 Å². The minimum absolute atomic E-state index is 0.358. The normalized spacial score (nSPS) is 12.7. The van der Waals surface area contributed by atoms with Crippen molar-refractivity contribution in [2.45, 2.75) is 45.4 Å². The van der Waals surface area contributed by atoms with Gasteiger partial charge in [0, 0.05) is 17.7 Å². The Labute approximate surface area is 100 Å². The minimum Gasteiger partial charge on any atom is -0.300 e. The van der Waals surface area contributed by atoms with E-state index in [0.717, 1.165) is 17.2 Å². The molecule has 15 heavy (non-hydrogen) atoms. The van der Waals surface area contributed by atoms with Crippen LogP contribution in [0.4, 0.5) is 0 Å². The van der Waals surface area contributed by atoms with Crippen molar-refractivity contribution in [3.8, 4) is 0 Å². The molecule has 1 nitrogen and oxygen atoms in total. The Morgan fingerprint density at radius 2 is 2.20 bits per heavy atom. The van der Waals surface area contributed by atoms with Gasteiger partial charge >= 0.3 is 0 Å². The van der Waals surface area contributed by atoms with Gasteiger partial charge in [-0.1, -0.05) is 25.4 Å². The van der Waals surface area contributed by atoms with E-state index < -0.39 is 0 Å². The van der Waals surface area contributed by atoms with Crippen LogP contribution in [0, 0.1) is 0 Å². The van der Waals surface area contributed by atoms with Crippen LogP contribution in [-0.2, 0) is 4.79 Å². The molecule has 1 aromatic heterocycles. The van der Waals surface area contributed by atoms with Gasteiger partial charge in [-0.2, -0.15) is 0 Å². The molecule has 0 spiro atoms. The molecule has 1 heterocycles. The van der Waals surface area contributed by atoms with E-state index in [1.54, 1.807) is 11.3 Å². The zero-order valence-electron chi connectivity index (χ0n) is 9.25. The maximum Gasteiger partial charge on any atom is 0.132 e. The van der Waals surface area contributed by atoms with E-state index >= 15 is 0 Å². The van der Waals surface area contributed by atoms with Crippen LogP contribution in [-0.4, -0.2) is 5.78 Å². The number of hydrogen-bond acceptors (Lipinski definition) is 2. The standard InChI is InChI=1S/C12H17ClOS/c1-3-9(5-6-10(14)4-2)11-7-8-12(13)15-11/h7-9H,3-6H2,1-2H3. The summed E-state index contributed by atoms with van der Waals surface area (Å²) in [6.45, 7) is 4.08. The summed E-state index contributed by atoms with van der Waals surface area (Å²) >= 11 is 7.54. The Kier molecular flexibility index (Phi) is 5.34. The van der Waals surface area contributed by atoms with Gasteiger partial charge in [0.15, 0.2) is 0 Å². The predicted molar refractivity (Wildman–Crippen MR) is 66.9 cm³/mol. The fourth-order valence-corrected chi connectivity index (χ4v) is 2.89.